The number of amides is 1. The minimum atomic E-state index is -0.814. The highest BCUT2D eigenvalue weighted by molar-refractivity contribution is 5.85. The molecule has 1 saturated heterocycles. The third-order valence-corrected chi connectivity index (χ3v) is 3.82. The van der Waals surface area contributed by atoms with Gasteiger partial charge >= 0.3 is 0 Å². The molecule has 1 aromatic carbocycles. The summed E-state index contributed by atoms with van der Waals surface area (Å²) in [4.78, 5) is 13.9. The second-order valence-corrected chi connectivity index (χ2v) is 5.47. The largest absolute Gasteiger partial charge is 0.481 e. The van der Waals surface area contributed by atoms with Crippen molar-refractivity contribution in [3.05, 3.63) is 29.8 Å². The number of carbonyl (C=O) groups is 1. The maximum atomic E-state index is 13.4. The van der Waals surface area contributed by atoms with Gasteiger partial charge in [-0.2, -0.15) is 0 Å². The first-order valence-corrected chi connectivity index (χ1v) is 7.08. The molecule has 0 spiro atoms. The molecular formula is C15H21ClF2N2O2. The zero-order chi connectivity index (χ0) is 15.4. The van der Waals surface area contributed by atoms with E-state index in [2.05, 4.69) is 6.92 Å². The maximum Gasteiger partial charge on any atom is 0.260 e. The van der Waals surface area contributed by atoms with Crippen molar-refractivity contribution in [2.24, 2.45) is 11.7 Å². The molecule has 1 aliphatic heterocycles. The number of nitrogens with two attached hydrogens (primary N) is 1. The average Bonchev–Trinajstić information content (AvgIpc) is 2.45. The van der Waals surface area contributed by atoms with Gasteiger partial charge in [0.2, 0.25) is 0 Å². The van der Waals surface area contributed by atoms with Crippen molar-refractivity contribution < 1.29 is 18.3 Å². The number of piperidine rings is 1. The molecule has 2 unspecified atom stereocenters. The van der Waals surface area contributed by atoms with Crippen LogP contribution in [0.25, 0.3) is 0 Å². The van der Waals surface area contributed by atoms with Gasteiger partial charge in [0.05, 0.1) is 0 Å². The number of halogens is 3. The Kier molecular flexibility index (Phi) is 7.03. The van der Waals surface area contributed by atoms with Crippen molar-refractivity contribution in [1.82, 2.24) is 4.90 Å². The molecule has 0 bridgehead atoms. The third kappa shape index (κ3) is 4.55. The van der Waals surface area contributed by atoms with E-state index >= 15 is 0 Å². The standard InChI is InChI=1S/C15H20F2N2O2.ClH/c1-10-4-5-19(12(6-10)8-18)15(20)9-21-14-3-2-11(16)7-13(14)17;/h2-3,7,10,12H,4-6,8-9,18H2,1H3;1H. The van der Waals surface area contributed by atoms with Gasteiger partial charge in [0.25, 0.3) is 5.91 Å². The lowest BCUT2D eigenvalue weighted by molar-refractivity contribution is -0.137. The summed E-state index contributed by atoms with van der Waals surface area (Å²) in [5, 5.41) is 0. The van der Waals surface area contributed by atoms with E-state index in [0.717, 1.165) is 25.0 Å². The van der Waals surface area contributed by atoms with Gasteiger partial charge in [-0.1, -0.05) is 6.92 Å². The van der Waals surface area contributed by atoms with Crippen LogP contribution in [0.5, 0.6) is 5.75 Å². The van der Waals surface area contributed by atoms with Gasteiger partial charge in [-0.3, -0.25) is 4.79 Å². The summed E-state index contributed by atoms with van der Waals surface area (Å²) in [6, 6.07) is 3.00. The molecule has 7 heteroatoms. The number of ether oxygens (including phenoxy) is 1. The van der Waals surface area contributed by atoms with Crippen LogP contribution >= 0.6 is 12.4 Å². The minimum Gasteiger partial charge on any atom is -0.481 e. The van der Waals surface area contributed by atoms with Crippen LogP contribution in [0.2, 0.25) is 0 Å². The smallest absolute Gasteiger partial charge is 0.260 e. The Balaban J connectivity index is 0.00000242. The first-order chi connectivity index (χ1) is 10.0. The summed E-state index contributed by atoms with van der Waals surface area (Å²) in [6.07, 6.45) is 1.79. The fourth-order valence-corrected chi connectivity index (χ4v) is 2.62. The number of benzene rings is 1. The van der Waals surface area contributed by atoms with Gasteiger partial charge in [-0.15, -0.1) is 12.4 Å². The molecule has 0 radical (unpaired) electrons. The molecule has 1 aromatic rings. The fourth-order valence-electron chi connectivity index (χ4n) is 2.62. The zero-order valence-electron chi connectivity index (χ0n) is 12.4. The van der Waals surface area contributed by atoms with Crippen molar-refractivity contribution in [3.63, 3.8) is 0 Å². The second-order valence-electron chi connectivity index (χ2n) is 5.47. The molecule has 2 rings (SSSR count). The third-order valence-electron chi connectivity index (χ3n) is 3.82. The van der Waals surface area contributed by atoms with E-state index in [9.17, 15) is 13.6 Å². The highest BCUT2D eigenvalue weighted by atomic mass is 35.5. The maximum absolute atomic E-state index is 13.4. The molecule has 22 heavy (non-hydrogen) atoms. The summed E-state index contributed by atoms with van der Waals surface area (Å²) >= 11 is 0. The van der Waals surface area contributed by atoms with Crippen LogP contribution in [0, 0.1) is 17.6 Å². The lowest BCUT2D eigenvalue weighted by Gasteiger charge is -2.37. The number of rotatable bonds is 4. The highest BCUT2D eigenvalue weighted by Crippen LogP contribution is 2.22. The Morgan fingerprint density at radius 3 is 2.82 bits per heavy atom. The molecule has 1 heterocycles. The Labute approximate surface area is 135 Å². The highest BCUT2D eigenvalue weighted by Gasteiger charge is 2.29. The molecule has 1 fully saturated rings. The summed E-state index contributed by atoms with van der Waals surface area (Å²) in [5.41, 5.74) is 5.71. The Bertz CT molecular complexity index is 516. The molecule has 4 nitrogen and oxygen atoms in total. The summed E-state index contributed by atoms with van der Waals surface area (Å²) < 4.78 is 31.4. The summed E-state index contributed by atoms with van der Waals surface area (Å²) in [5.74, 6) is -1.30. The Morgan fingerprint density at radius 2 is 2.18 bits per heavy atom. The normalized spacial score (nSPS) is 21.2. The van der Waals surface area contributed by atoms with E-state index < -0.39 is 11.6 Å². The molecule has 0 aromatic heterocycles. The van der Waals surface area contributed by atoms with Gasteiger partial charge in [0.1, 0.15) is 5.82 Å². The topological polar surface area (TPSA) is 55.6 Å². The molecule has 2 N–H and O–H groups in total. The van der Waals surface area contributed by atoms with Crippen LogP contribution < -0.4 is 10.5 Å². The van der Waals surface area contributed by atoms with E-state index in [4.69, 9.17) is 10.5 Å². The van der Waals surface area contributed by atoms with Crippen LogP contribution in [-0.4, -0.2) is 36.5 Å². The van der Waals surface area contributed by atoms with Gasteiger partial charge < -0.3 is 15.4 Å². The van der Waals surface area contributed by atoms with Crippen LogP contribution in [-0.2, 0) is 4.79 Å². The Morgan fingerprint density at radius 1 is 1.45 bits per heavy atom. The van der Waals surface area contributed by atoms with Crippen LogP contribution in [0.15, 0.2) is 18.2 Å². The van der Waals surface area contributed by atoms with E-state index in [1.54, 1.807) is 4.90 Å². The monoisotopic (exact) mass is 334 g/mol. The fraction of sp³-hybridized carbons (Fsp3) is 0.533. The van der Waals surface area contributed by atoms with Crippen molar-refractivity contribution in [2.45, 2.75) is 25.8 Å². The number of hydrogen-bond donors (Lipinski definition) is 1. The second kappa shape index (κ2) is 8.29. The number of hydrogen-bond acceptors (Lipinski definition) is 3. The SMILES string of the molecule is CC1CCN(C(=O)COc2ccc(F)cc2F)C(CN)C1.Cl. The van der Waals surface area contributed by atoms with Crippen LogP contribution in [0.3, 0.4) is 0 Å². The predicted molar refractivity (Wildman–Crippen MR) is 82.1 cm³/mol. The molecule has 124 valence electrons. The first-order valence-electron chi connectivity index (χ1n) is 7.08. The molecule has 1 aliphatic rings. The zero-order valence-corrected chi connectivity index (χ0v) is 13.2. The lowest BCUT2D eigenvalue weighted by Crippen LogP contribution is -2.50. The average molecular weight is 335 g/mol. The quantitative estimate of drug-likeness (QED) is 0.919. The van der Waals surface area contributed by atoms with E-state index in [1.165, 1.54) is 6.07 Å². The van der Waals surface area contributed by atoms with Gasteiger partial charge in [0.15, 0.2) is 18.2 Å². The predicted octanol–water partition coefficient (Wildman–Crippen LogP) is 2.35. The van der Waals surface area contributed by atoms with Gasteiger partial charge in [0, 0.05) is 25.2 Å². The van der Waals surface area contributed by atoms with E-state index in [0.29, 0.717) is 19.0 Å². The van der Waals surface area contributed by atoms with E-state index in [1.807, 2.05) is 0 Å². The van der Waals surface area contributed by atoms with Gasteiger partial charge in [-0.05, 0) is 30.9 Å². The number of carbonyl (C=O) groups excluding carboxylic acids is 1. The molecule has 2 atom stereocenters. The Hall–Kier alpha value is -1.40. The number of nitrogens with zero attached hydrogens (tertiary/aromatic N) is 1. The summed E-state index contributed by atoms with van der Waals surface area (Å²) in [6.45, 7) is 2.90. The lowest BCUT2D eigenvalue weighted by atomic mass is 9.92. The van der Waals surface area contributed by atoms with Gasteiger partial charge in [-0.25, -0.2) is 8.78 Å². The van der Waals surface area contributed by atoms with E-state index in [-0.39, 0.29) is 36.7 Å². The van der Waals surface area contributed by atoms with Crippen molar-refractivity contribution in [2.75, 3.05) is 19.7 Å². The van der Waals surface area contributed by atoms with Crippen LogP contribution in [0.1, 0.15) is 19.8 Å². The number of likely N-dealkylation sites (tertiary alicyclic amines) is 1. The summed E-state index contributed by atoms with van der Waals surface area (Å²) in [7, 11) is 0. The van der Waals surface area contributed by atoms with Crippen molar-refractivity contribution in [1.29, 1.82) is 0 Å². The molecular weight excluding hydrogens is 314 g/mol. The molecule has 0 aliphatic carbocycles. The van der Waals surface area contributed by atoms with Crippen LogP contribution in [0.4, 0.5) is 8.78 Å². The van der Waals surface area contributed by atoms with Crippen molar-refractivity contribution >= 4 is 18.3 Å². The molecule has 1 amide bonds. The van der Waals surface area contributed by atoms with Crippen molar-refractivity contribution in [3.8, 4) is 5.75 Å². The first kappa shape index (κ1) is 18.6. The molecule has 0 saturated carbocycles. The minimum absolute atomic E-state index is 0.